The van der Waals surface area contributed by atoms with E-state index in [1.807, 2.05) is 74.1 Å². The molecule has 0 saturated carbocycles. The molecule has 6 heteroatoms. The minimum atomic E-state index is -1.30. The molecule has 2 aliphatic rings. The lowest BCUT2D eigenvalue weighted by atomic mass is 9.89. The largest absolute Gasteiger partial charge is 0.545 e. The van der Waals surface area contributed by atoms with E-state index in [9.17, 15) is 14.7 Å². The van der Waals surface area contributed by atoms with E-state index < -0.39 is 5.97 Å². The second kappa shape index (κ2) is 7.96. The number of ketones is 1. The van der Waals surface area contributed by atoms with Gasteiger partial charge in [-0.1, -0.05) is 12.1 Å². The maximum atomic E-state index is 12.1. The zero-order valence-corrected chi connectivity index (χ0v) is 18.7. The molecule has 0 atom stereocenters. The van der Waals surface area contributed by atoms with E-state index in [-0.39, 0.29) is 11.3 Å². The molecule has 0 aromatic heterocycles. The average molecular weight is 428 g/mol. The van der Waals surface area contributed by atoms with Crippen LogP contribution in [0.3, 0.4) is 0 Å². The maximum Gasteiger partial charge on any atom is 0.203 e. The molecule has 0 spiro atoms. The van der Waals surface area contributed by atoms with Gasteiger partial charge in [0, 0.05) is 59.6 Å². The van der Waals surface area contributed by atoms with Gasteiger partial charge in [-0.2, -0.15) is 0 Å². The van der Waals surface area contributed by atoms with Crippen LogP contribution in [0.5, 0.6) is 0 Å². The third-order valence-corrected chi connectivity index (χ3v) is 5.64. The Balaban J connectivity index is 2.21. The molecule has 6 nitrogen and oxygen atoms in total. The Kier molecular flexibility index (Phi) is 5.30. The van der Waals surface area contributed by atoms with Gasteiger partial charge >= 0.3 is 0 Å². The Labute approximate surface area is 186 Å². The molecule has 0 N–H and O–H groups in total. The van der Waals surface area contributed by atoms with E-state index in [1.165, 1.54) is 19.1 Å². The molecule has 1 heterocycles. The summed E-state index contributed by atoms with van der Waals surface area (Å²) in [5.74, 6) is -0.825. The Morgan fingerprint density at radius 3 is 2.31 bits per heavy atom. The number of benzene rings is 3. The predicted octanol–water partition coefficient (Wildman–Crippen LogP) is 2.87. The minimum Gasteiger partial charge on any atom is -0.545 e. The average Bonchev–Trinajstić information content (AvgIpc) is 2.75. The Morgan fingerprint density at radius 1 is 0.938 bits per heavy atom. The third kappa shape index (κ3) is 3.64. The van der Waals surface area contributed by atoms with Gasteiger partial charge in [0.2, 0.25) is 5.36 Å². The summed E-state index contributed by atoms with van der Waals surface area (Å²) in [6, 6.07) is 16.2. The highest BCUT2D eigenvalue weighted by molar-refractivity contribution is 6.09. The first-order valence-electron chi connectivity index (χ1n) is 10.2. The second-order valence-electron chi connectivity index (χ2n) is 8.23. The van der Waals surface area contributed by atoms with Crippen molar-refractivity contribution in [3.63, 3.8) is 0 Å². The summed E-state index contributed by atoms with van der Waals surface area (Å²) in [6.07, 6.45) is 0. The number of Topliss-reactive ketones (excluding diaryl/α,β-unsaturated/α-hetero) is 1. The molecule has 32 heavy (non-hydrogen) atoms. The molecule has 2 aromatic carbocycles. The highest BCUT2D eigenvalue weighted by atomic mass is 16.4. The molecular formula is C26H24N2O4. The lowest BCUT2D eigenvalue weighted by Crippen LogP contribution is -2.23. The summed E-state index contributed by atoms with van der Waals surface area (Å²) in [5.41, 5.74) is 3.90. The molecule has 162 valence electrons. The number of fused-ring (bicyclic) bond motifs is 2. The highest BCUT2D eigenvalue weighted by Crippen LogP contribution is 2.42. The molecule has 0 radical (unpaired) electrons. The summed E-state index contributed by atoms with van der Waals surface area (Å²) >= 11 is 0. The van der Waals surface area contributed by atoms with Crippen molar-refractivity contribution in [1.29, 1.82) is 0 Å². The zero-order chi connectivity index (χ0) is 23.2. The maximum absolute atomic E-state index is 12.1. The number of anilines is 1. The fraction of sp³-hybridized carbons (Fsp3) is 0.192. The molecule has 4 rings (SSSR count). The molecule has 2 aromatic rings. The van der Waals surface area contributed by atoms with Gasteiger partial charge in [-0.05, 0) is 36.8 Å². The summed E-state index contributed by atoms with van der Waals surface area (Å²) in [7, 11) is 7.77. The van der Waals surface area contributed by atoms with Crippen molar-refractivity contribution in [3.8, 4) is 22.5 Å². The first-order chi connectivity index (χ1) is 15.2. The van der Waals surface area contributed by atoms with Gasteiger partial charge in [-0.3, -0.25) is 4.79 Å². The fourth-order valence-corrected chi connectivity index (χ4v) is 3.86. The number of carbonyl (C=O) groups is 2. The first kappa shape index (κ1) is 21.3. The van der Waals surface area contributed by atoms with Gasteiger partial charge < -0.3 is 19.2 Å². The van der Waals surface area contributed by atoms with Crippen molar-refractivity contribution in [2.75, 3.05) is 33.1 Å². The van der Waals surface area contributed by atoms with Crippen LogP contribution in [-0.4, -0.2) is 39.9 Å². The third-order valence-electron chi connectivity index (χ3n) is 5.64. The topological polar surface area (TPSA) is 76.6 Å². The van der Waals surface area contributed by atoms with E-state index >= 15 is 0 Å². The molecular weight excluding hydrogens is 404 g/mol. The monoisotopic (exact) mass is 428 g/mol. The van der Waals surface area contributed by atoms with Crippen molar-refractivity contribution in [3.05, 3.63) is 71.1 Å². The van der Waals surface area contributed by atoms with Crippen LogP contribution in [0.1, 0.15) is 27.6 Å². The smallest absolute Gasteiger partial charge is 0.203 e. The number of rotatable bonds is 4. The fourth-order valence-electron chi connectivity index (χ4n) is 3.86. The number of hydrogen-bond acceptors (Lipinski definition) is 5. The van der Waals surface area contributed by atoms with Crippen molar-refractivity contribution in [2.45, 2.75) is 6.92 Å². The molecule has 1 aliphatic carbocycles. The van der Waals surface area contributed by atoms with Crippen LogP contribution in [-0.2, 0) is 0 Å². The van der Waals surface area contributed by atoms with Crippen LogP contribution >= 0.6 is 0 Å². The van der Waals surface area contributed by atoms with Gasteiger partial charge in [0.05, 0.1) is 12.0 Å². The second-order valence-corrected chi connectivity index (χ2v) is 8.23. The van der Waals surface area contributed by atoms with E-state index in [0.29, 0.717) is 28.0 Å². The molecule has 0 fully saturated rings. The van der Waals surface area contributed by atoms with E-state index in [4.69, 9.17) is 4.42 Å². The molecule has 0 amide bonds. The number of hydrogen-bond donors (Lipinski definition) is 0. The number of carbonyl (C=O) groups excluding carboxylic acids is 2. The Morgan fingerprint density at radius 2 is 1.69 bits per heavy atom. The normalized spacial score (nSPS) is 11.0. The lowest BCUT2D eigenvalue weighted by Gasteiger charge is -2.20. The van der Waals surface area contributed by atoms with Gasteiger partial charge in [-0.25, -0.2) is 4.58 Å². The summed E-state index contributed by atoms with van der Waals surface area (Å²) < 4.78 is 8.25. The number of carboxylic acids is 1. The minimum absolute atomic E-state index is 0.0252. The van der Waals surface area contributed by atoms with Crippen LogP contribution in [0, 0.1) is 0 Å². The number of carboxylic acid groups (broad SMARTS) is 1. The van der Waals surface area contributed by atoms with Crippen molar-refractivity contribution in [2.24, 2.45) is 0 Å². The highest BCUT2D eigenvalue weighted by Gasteiger charge is 2.21. The molecule has 0 unspecified atom stereocenters. The SMILES string of the molecule is CC(=O)c1ccc(C(=O)[O-])c(-c2c3ccc(=[N+](C)C)cc-3oc3cc(N(C)C)ccc23)c1. The zero-order valence-electron chi connectivity index (χ0n) is 18.7. The summed E-state index contributed by atoms with van der Waals surface area (Å²) in [5, 5.41) is 13.7. The number of nitrogens with zero attached hydrogens (tertiary/aromatic N) is 2. The predicted molar refractivity (Wildman–Crippen MR) is 124 cm³/mol. The van der Waals surface area contributed by atoms with Crippen molar-refractivity contribution < 1.29 is 19.1 Å². The van der Waals surface area contributed by atoms with Crippen molar-refractivity contribution >= 4 is 28.4 Å². The van der Waals surface area contributed by atoms with Gasteiger partial charge in [0.25, 0.3) is 0 Å². The van der Waals surface area contributed by atoms with Crippen molar-refractivity contribution in [1.82, 2.24) is 4.58 Å². The van der Waals surface area contributed by atoms with Crippen LogP contribution in [0.15, 0.2) is 59.0 Å². The number of aromatic carboxylic acids is 1. The van der Waals surface area contributed by atoms with Crippen LogP contribution < -0.4 is 19.9 Å². The molecule has 0 bridgehead atoms. The van der Waals surface area contributed by atoms with E-state index in [1.54, 1.807) is 6.07 Å². The van der Waals surface area contributed by atoms with Crippen LogP contribution in [0.2, 0.25) is 0 Å². The quantitative estimate of drug-likeness (QED) is 0.284. The summed E-state index contributed by atoms with van der Waals surface area (Å²) in [4.78, 5) is 26.1. The van der Waals surface area contributed by atoms with Gasteiger partial charge in [0.15, 0.2) is 5.78 Å². The first-order valence-corrected chi connectivity index (χ1v) is 10.2. The van der Waals surface area contributed by atoms with Crippen LogP contribution in [0.25, 0.3) is 33.4 Å². The lowest BCUT2D eigenvalue weighted by molar-refractivity contribution is -0.254. The molecule has 0 saturated heterocycles. The standard InChI is InChI=1S/C26H24N2O4/c1-15(29)16-6-9-19(26(30)31)22(12-16)25-20-10-7-17(27(2)3)13-23(20)32-24-14-18(28(4)5)8-11-21(24)25/h6-14H,1-5H3. The van der Waals surface area contributed by atoms with Crippen LogP contribution in [0.4, 0.5) is 5.69 Å². The Hall–Kier alpha value is -3.93. The van der Waals surface area contributed by atoms with Gasteiger partial charge in [0.1, 0.15) is 25.4 Å². The Bertz CT molecular complexity index is 1430. The summed E-state index contributed by atoms with van der Waals surface area (Å²) in [6.45, 7) is 1.46. The molecule has 1 aliphatic heterocycles. The van der Waals surface area contributed by atoms with Gasteiger partial charge in [-0.15, -0.1) is 0 Å². The van der Waals surface area contributed by atoms with E-state index in [2.05, 4.69) is 0 Å². The van der Waals surface area contributed by atoms with E-state index in [0.717, 1.165) is 22.0 Å².